The lowest BCUT2D eigenvalue weighted by molar-refractivity contribution is 0.143. The van der Waals surface area contributed by atoms with Gasteiger partial charge in [0.1, 0.15) is 5.75 Å². The summed E-state index contributed by atoms with van der Waals surface area (Å²) in [6, 6.07) is 8.41. The summed E-state index contributed by atoms with van der Waals surface area (Å²) < 4.78 is 10.5. The lowest BCUT2D eigenvalue weighted by Gasteiger charge is -2.20. The maximum Gasteiger partial charge on any atom is 0.118 e. The Kier molecular flexibility index (Phi) is 5.67. The minimum atomic E-state index is 0.742. The number of hydrogen-bond donors (Lipinski definition) is 0. The van der Waals surface area contributed by atoms with E-state index in [0.717, 1.165) is 24.8 Å². The second-order valence-corrected chi connectivity index (χ2v) is 5.38. The average Bonchev–Trinajstić information content (AvgIpc) is 2.66. The molecule has 0 bridgehead atoms. The van der Waals surface area contributed by atoms with Gasteiger partial charge in [0.25, 0.3) is 0 Å². The molecule has 0 aliphatic carbocycles. The van der Waals surface area contributed by atoms with Crippen molar-refractivity contribution in [2.24, 2.45) is 5.92 Å². The molecule has 1 aromatic carbocycles. The van der Waals surface area contributed by atoms with Crippen molar-refractivity contribution in [2.75, 3.05) is 33.9 Å². The van der Waals surface area contributed by atoms with Gasteiger partial charge in [-0.2, -0.15) is 0 Å². The summed E-state index contributed by atoms with van der Waals surface area (Å²) in [5.74, 6) is 1.67. The third-order valence-electron chi connectivity index (χ3n) is 3.91. The van der Waals surface area contributed by atoms with Crippen LogP contribution in [0.3, 0.4) is 0 Å². The molecule has 1 aliphatic heterocycles. The van der Waals surface area contributed by atoms with Crippen molar-refractivity contribution < 1.29 is 9.47 Å². The van der Waals surface area contributed by atoms with Gasteiger partial charge in [0.05, 0.1) is 7.11 Å². The van der Waals surface area contributed by atoms with Gasteiger partial charge in [-0.15, -0.1) is 0 Å². The number of benzene rings is 1. The summed E-state index contributed by atoms with van der Waals surface area (Å²) in [5, 5.41) is 0. The van der Waals surface area contributed by atoms with Crippen LogP contribution in [0, 0.1) is 5.92 Å². The molecule has 106 valence electrons. The highest BCUT2D eigenvalue weighted by Gasteiger charge is 2.16. The molecule has 1 aromatic rings. The van der Waals surface area contributed by atoms with Crippen LogP contribution in [0.5, 0.6) is 5.75 Å². The van der Waals surface area contributed by atoms with Crippen LogP contribution in [-0.4, -0.2) is 38.8 Å². The van der Waals surface area contributed by atoms with Gasteiger partial charge in [0, 0.05) is 20.3 Å². The van der Waals surface area contributed by atoms with E-state index in [1.54, 1.807) is 14.2 Å². The van der Waals surface area contributed by atoms with Gasteiger partial charge in [0.2, 0.25) is 0 Å². The maximum absolute atomic E-state index is 5.28. The summed E-state index contributed by atoms with van der Waals surface area (Å²) in [5.41, 5.74) is 1.37. The highest BCUT2D eigenvalue weighted by atomic mass is 16.5. The Labute approximate surface area is 116 Å². The molecule has 0 aromatic heterocycles. The summed E-state index contributed by atoms with van der Waals surface area (Å²) in [6.07, 6.45) is 3.83. The molecule has 0 N–H and O–H groups in total. The van der Waals surface area contributed by atoms with Crippen molar-refractivity contribution in [3.05, 3.63) is 29.8 Å². The molecule has 3 heteroatoms. The van der Waals surface area contributed by atoms with Crippen LogP contribution in [0.4, 0.5) is 0 Å². The standard InChI is InChI=1S/C16H25NO2/c1-18-13-15-4-3-10-17(11-9-15)12-14-5-7-16(19-2)8-6-14/h5-8,15H,3-4,9-13H2,1-2H3. The first-order valence-corrected chi connectivity index (χ1v) is 7.16. The number of likely N-dealkylation sites (tertiary alicyclic amines) is 1. The Morgan fingerprint density at radius 3 is 2.58 bits per heavy atom. The van der Waals surface area contributed by atoms with Crippen molar-refractivity contribution in [3.8, 4) is 5.75 Å². The van der Waals surface area contributed by atoms with Crippen LogP contribution < -0.4 is 4.74 Å². The highest BCUT2D eigenvalue weighted by Crippen LogP contribution is 2.20. The van der Waals surface area contributed by atoms with Crippen LogP contribution >= 0.6 is 0 Å². The first-order chi connectivity index (χ1) is 9.31. The molecule has 0 saturated carbocycles. The third-order valence-corrected chi connectivity index (χ3v) is 3.91. The first kappa shape index (κ1) is 14.4. The van der Waals surface area contributed by atoms with Crippen LogP contribution in [0.2, 0.25) is 0 Å². The molecule has 19 heavy (non-hydrogen) atoms. The molecule has 0 spiro atoms. The fourth-order valence-electron chi connectivity index (χ4n) is 2.77. The van der Waals surface area contributed by atoms with Gasteiger partial charge >= 0.3 is 0 Å². The SMILES string of the molecule is COCC1CCCN(Cc2ccc(OC)cc2)CC1. The summed E-state index contributed by atoms with van der Waals surface area (Å²) >= 11 is 0. The molecule has 1 atom stereocenters. The molecule has 1 heterocycles. The van der Waals surface area contributed by atoms with Crippen molar-refractivity contribution >= 4 is 0 Å². The van der Waals surface area contributed by atoms with E-state index in [2.05, 4.69) is 17.0 Å². The van der Waals surface area contributed by atoms with Gasteiger partial charge < -0.3 is 9.47 Å². The Balaban J connectivity index is 1.84. The minimum absolute atomic E-state index is 0.742. The minimum Gasteiger partial charge on any atom is -0.497 e. The number of methoxy groups -OCH3 is 2. The van der Waals surface area contributed by atoms with Crippen LogP contribution in [-0.2, 0) is 11.3 Å². The zero-order valence-corrected chi connectivity index (χ0v) is 12.1. The maximum atomic E-state index is 5.28. The lowest BCUT2D eigenvalue weighted by Crippen LogP contribution is -2.24. The van der Waals surface area contributed by atoms with Gasteiger partial charge in [-0.1, -0.05) is 12.1 Å². The predicted molar refractivity (Wildman–Crippen MR) is 77.5 cm³/mol. The van der Waals surface area contributed by atoms with Crippen LogP contribution in [0.15, 0.2) is 24.3 Å². The number of nitrogens with zero attached hydrogens (tertiary/aromatic N) is 1. The molecule has 0 radical (unpaired) electrons. The number of rotatable bonds is 5. The van der Waals surface area contributed by atoms with Crippen molar-refractivity contribution in [1.29, 1.82) is 0 Å². The second kappa shape index (κ2) is 7.51. The van der Waals surface area contributed by atoms with Crippen LogP contribution in [0.25, 0.3) is 0 Å². The van der Waals surface area contributed by atoms with E-state index in [4.69, 9.17) is 9.47 Å². The molecule has 0 amide bonds. The van der Waals surface area contributed by atoms with Crippen molar-refractivity contribution in [3.63, 3.8) is 0 Å². The predicted octanol–water partition coefficient (Wildman–Crippen LogP) is 2.94. The molecule has 1 saturated heterocycles. The average molecular weight is 263 g/mol. The molecular formula is C16H25NO2. The molecule has 1 aliphatic rings. The zero-order valence-electron chi connectivity index (χ0n) is 12.1. The quantitative estimate of drug-likeness (QED) is 0.815. The molecule has 1 fully saturated rings. The molecule has 1 unspecified atom stereocenters. The van der Waals surface area contributed by atoms with E-state index in [1.807, 2.05) is 12.1 Å². The number of hydrogen-bond acceptors (Lipinski definition) is 3. The summed E-state index contributed by atoms with van der Waals surface area (Å²) in [7, 11) is 3.51. The largest absolute Gasteiger partial charge is 0.497 e. The van der Waals surface area contributed by atoms with Gasteiger partial charge in [-0.05, 0) is 56.0 Å². The Hall–Kier alpha value is -1.06. The second-order valence-electron chi connectivity index (χ2n) is 5.38. The normalized spacial score (nSPS) is 21.1. The molecular weight excluding hydrogens is 238 g/mol. The smallest absolute Gasteiger partial charge is 0.118 e. The lowest BCUT2D eigenvalue weighted by atomic mass is 10.0. The van der Waals surface area contributed by atoms with E-state index in [-0.39, 0.29) is 0 Å². The molecule has 2 rings (SSSR count). The Bertz CT molecular complexity index is 364. The van der Waals surface area contributed by atoms with Crippen molar-refractivity contribution in [1.82, 2.24) is 4.90 Å². The topological polar surface area (TPSA) is 21.7 Å². The fraction of sp³-hybridized carbons (Fsp3) is 0.625. The van der Waals surface area contributed by atoms with E-state index >= 15 is 0 Å². The van der Waals surface area contributed by atoms with E-state index < -0.39 is 0 Å². The summed E-state index contributed by atoms with van der Waals surface area (Å²) in [6.45, 7) is 4.34. The van der Waals surface area contributed by atoms with Crippen LogP contribution in [0.1, 0.15) is 24.8 Å². The van der Waals surface area contributed by atoms with Gasteiger partial charge in [-0.25, -0.2) is 0 Å². The summed E-state index contributed by atoms with van der Waals surface area (Å²) in [4.78, 5) is 2.55. The zero-order chi connectivity index (χ0) is 13.5. The fourth-order valence-corrected chi connectivity index (χ4v) is 2.77. The Morgan fingerprint density at radius 1 is 1.11 bits per heavy atom. The number of ether oxygens (including phenoxy) is 2. The van der Waals surface area contributed by atoms with E-state index in [0.29, 0.717) is 0 Å². The highest BCUT2D eigenvalue weighted by molar-refractivity contribution is 5.27. The van der Waals surface area contributed by atoms with Gasteiger partial charge in [0.15, 0.2) is 0 Å². The monoisotopic (exact) mass is 263 g/mol. The van der Waals surface area contributed by atoms with E-state index in [1.165, 1.54) is 37.9 Å². The van der Waals surface area contributed by atoms with Gasteiger partial charge in [-0.3, -0.25) is 4.90 Å². The Morgan fingerprint density at radius 2 is 1.89 bits per heavy atom. The third kappa shape index (κ3) is 4.51. The van der Waals surface area contributed by atoms with Crippen molar-refractivity contribution in [2.45, 2.75) is 25.8 Å². The van der Waals surface area contributed by atoms with E-state index in [9.17, 15) is 0 Å². The molecule has 3 nitrogen and oxygen atoms in total. The first-order valence-electron chi connectivity index (χ1n) is 7.16.